The largest absolute Gasteiger partial charge is 0.389 e. The molecule has 0 aliphatic rings. The molecule has 19 heavy (non-hydrogen) atoms. The summed E-state index contributed by atoms with van der Waals surface area (Å²) in [5.74, 6) is 0.890. The van der Waals surface area contributed by atoms with Crippen molar-refractivity contribution in [2.45, 2.75) is 44.7 Å². The minimum absolute atomic E-state index is 0.0497. The number of carbonyl (C=O) groups is 1. The number of thioether (sulfide) groups is 1. The molecule has 0 bridgehead atoms. The van der Waals surface area contributed by atoms with Gasteiger partial charge >= 0.3 is 0 Å². The fourth-order valence-electron chi connectivity index (χ4n) is 1.48. The molecule has 0 aliphatic heterocycles. The van der Waals surface area contributed by atoms with E-state index < -0.39 is 6.10 Å². The van der Waals surface area contributed by atoms with E-state index in [0.717, 1.165) is 10.5 Å². The maximum atomic E-state index is 11.8. The molecule has 1 amide bonds. The molecule has 0 saturated heterocycles. The lowest BCUT2D eigenvalue weighted by Gasteiger charge is -2.17. The molecule has 0 saturated carbocycles. The van der Waals surface area contributed by atoms with Crippen LogP contribution >= 0.6 is 11.8 Å². The van der Waals surface area contributed by atoms with Gasteiger partial charge in [0.25, 0.3) is 0 Å². The first-order chi connectivity index (χ1) is 8.90. The predicted octanol–water partition coefficient (Wildman–Crippen LogP) is 2.99. The van der Waals surface area contributed by atoms with E-state index in [1.807, 2.05) is 31.2 Å². The number of benzene rings is 1. The number of hydrogen-bond acceptors (Lipinski definition) is 3. The molecule has 0 heterocycles. The van der Waals surface area contributed by atoms with Crippen molar-refractivity contribution in [1.29, 1.82) is 0 Å². The van der Waals surface area contributed by atoms with Crippen LogP contribution in [-0.2, 0) is 4.79 Å². The highest BCUT2D eigenvalue weighted by Crippen LogP contribution is 2.22. The van der Waals surface area contributed by atoms with Crippen molar-refractivity contribution in [2.24, 2.45) is 5.92 Å². The van der Waals surface area contributed by atoms with E-state index in [-0.39, 0.29) is 11.9 Å². The molecule has 0 radical (unpaired) electrons. The van der Waals surface area contributed by atoms with Crippen LogP contribution in [0.3, 0.4) is 0 Å². The van der Waals surface area contributed by atoms with Gasteiger partial charge in [0.1, 0.15) is 0 Å². The molecular weight excluding hydrogens is 258 g/mol. The highest BCUT2D eigenvalue weighted by Gasteiger charge is 2.11. The summed E-state index contributed by atoms with van der Waals surface area (Å²) in [6.07, 6.45) is -0.477. The van der Waals surface area contributed by atoms with Crippen molar-refractivity contribution in [2.75, 3.05) is 5.75 Å². The van der Waals surface area contributed by atoms with Crippen LogP contribution in [0.2, 0.25) is 0 Å². The highest BCUT2D eigenvalue weighted by atomic mass is 32.2. The van der Waals surface area contributed by atoms with Crippen LogP contribution < -0.4 is 5.32 Å². The lowest BCUT2D eigenvalue weighted by atomic mass is 10.1. The Morgan fingerprint density at radius 3 is 2.58 bits per heavy atom. The molecule has 0 spiro atoms. The van der Waals surface area contributed by atoms with Gasteiger partial charge in [-0.15, -0.1) is 11.8 Å². The molecule has 0 fully saturated rings. The zero-order valence-electron chi connectivity index (χ0n) is 12.0. The van der Waals surface area contributed by atoms with Gasteiger partial charge in [-0.25, -0.2) is 0 Å². The van der Waals surface area contributed by atoms with E-state index in [1.54, 1.807) is 6.92 Å². The van der Waals surface area contributed by atoms with Gasteiger partial charge in [0, 0.05) is 10.9 Å². The summed E-state index contributed by atoms with van der Waals surface area (Å²) >= 11 is 1.49. The van der Waals surface area contributed by atoms with E-state index in [0.29, 0.717) is 11.7 Å². The van der Waals surface area contributed by atoms with Gasteiger partial charge < -0.3 is 10.4 Å². The molecule has 2 unspecified atom stereocenters. The maximum Gasteiger partial charge on any atom is 0.230 e. The van der Waals surface area contributed by atoms with Gasteiger partial charge in [0.15, 0.2) is 0 Å². The normalized spacial score (nSPS) is 14.2. The molecular formula is C15H23NO2S. The fraction of sp³-hybridized carbons (Fsp3) is 0.533. The average Bonchev–Trinajstić information content (AvgIpc) is 2.36. The molecule has 1 aromatic rings. The Hall–Kier alpha value is -1.00. The Morgan fingerprint density at radius 2 is 2.00 bits per heavy atom. The van der Waals surface area contributed by atoms with Gasteiger partial charge in [-0.1, -0.05) is 26.0 Å². The molecule has 1 aromatic carbocycles. The highest BCUT2D eigenvalue weighted by molar-refractivity contribution is 8.00. The molecule has 3 nitrogen and oxygen atoms in total. The molecule has 2 atom stereocenters. The number of aliphatic hydroxyl groups is 1. The molecule has 1 rings (SSSR count). The molecule has 0 aromatic heterocycles. The van der Waals surface area contributed by atoms with Gasteiger partial charge in [-0.2, -0.15) is 0 Å². The molecule has 4 heteroatoms. The Kier molecular flexibility index (Phi) is 6.38. The first-order valence-electron chi connectivity index (χ1n) is 6.60. The van der Waals surface area contributed by atoms with E-state index in [2.05, 4.69) is 19.2 Å². The summed E-state index contributed by atoms with van der Waals surface area (Å²) in [5.41, 5.74) is 0.876. The second-order valence-electron chi connectivity index (χ2n) is 5.14. The zero-order chi connectivity index (χ0) is 14.4. The van der Waals surface area contributed by atoms with Crippen molar-refractivity contribution in [3.63, 3.8) is 0 Å². The second kappa shape index (κ2) is 7.56. The summed E-state index contributed by atoms with van der Waals surface area (Å²) < 4.78 is 0. The average molecular weight is 281 g/mol. The smallest absolute Gasteiger partial charge is 0.230 e. The van der Waals surface area contributed by atoms with Crippen LogP contribution in [0.4, 0.5) is 0 Å². The SMILES string of the molecule is CC(O)c1cccc(SCC(=O)NC(C)C(C)C)c1. The van der Waals surface area contributed by atoms with Crippen LogP contribution in [0.5, 0.6) is 0 Å². The van der Waals surface area contributed by atoms with E-state index in [1.165, 1.54) is 11.8 Å². The van der Waals surface area contributed by atoms with Crippen LogP contribution in [-0.4, -0.2) is 22.8 Å². The van der Waals surface area contributed by atoms with Crippen molar-refractivity contribution in [3.8, 4) is 0 Å². The third-order valence-corrected chi connectivity index (χ3v) is 4.09. The second-order valence-corrected chi connectivity index (χ2v) is 6.19. The standard InChI is InChI=1S/C15H23NO2S/c1-10(2)11(3)16-15(18)9-19-14-7-5-6-13(8-14)12(4)17/h5-8,10-12,17H,9H2,1-4H3,(H,16,18). The van der Waals surface area contributed by atoms with Crippen molar-refractivity contribution >= 4 is 17.7 Å². The Morgan fingerprint density at radius 1 is 1.32 bits per heavy atom. The summed E-state index contributed by atoms with van der Waals surface area (Å²) in [5, 5.41) is 12.5. The fourth-order valence-corrected chi connectivity index (χ4v) is 2.25. The van der Waals surface area contributed by atoms with Crippen molar-refractivity contribution < 1.29 is 9.90 Å². The van der Waals surface area contributed by atoms with Gasteiger partial charge in [-0.3, -0.25) is 4.79 Å². The van der Waals surface area contributed by atoms with E-state index in [4.69, 9.17) is 0 Å². The lowest BCUT2D eigenvalue weighted by molar-refractivity contribution is -0.119. The van der Waals surface area contributed by atoms with E-state index in [9.17, 15) is 9.90 Å². The predicted molar refractivity (Wildman–Crippen MR) is 80.2 cm³/mol. The molecule has 0 aliphatic carbocycles. The maximum absolute atomic E-state index is 11.8. The summed E-state index contributed by atoms with van der Waals surface area (Å²) in [6.45, 7) is 7.93. The van der Waals surface area contributed by atoms with Gasteiger partial charge in [0.2, 0.25) is 5.91 Å². The first kappa shape index (κ1) is 16.1. The quantitative estimate of drug-likeness (QED) is 0.788. The number of nitrogens with one attached hydrogen (secondary N) is 1. The number of aliphatic hydroxyl groups excluding tert-OH is 1. The van der Waals surface area contributed by atoms with Crippen molar-refractivity contribution in [3.05, 3.63) is 29.8 Å². The van der Waals surface area contributed by atoms with E-state index >= 15 is 0 Å². The Labute approximate surface area is 119 Å². The first-order valence-corrected chi connectivity index (χ1v) is 7.59. The number of carbonyl (C=O) groups excluding carboxylic acids is 1. The lowest BCUT2D eigenvalue weighted by Crippen LogP contribution is -2.37. The Balaban J connectivity index is 2.48. The van der Waals surface area contributed by atoms with Crippen LogP contribution in [0, 0.1) is 5.92 Å². The number of rotatable bonds is 6. The number of amides is 1. The summed E-state index contributed by atoms with van der Waals surface area (Å²) in [6, 6.07) is 7.86. The van der Waals surface area contributed by atoms with Crippen LogP contribution in [0.25, 0.3) is 0 Å². The summed E-state index contributed by atoms with van der Waals surface area (Å²) in [7, 11) is 0. The van der Waals surface area contributed by atoms with Gasteiger partial charge in [-0.05, 0) is 37.5 Å². The minimum Gasteiger partial charge on any atom is -0.389 e. The zero-order valence-corrected chi connectivity index (χ0v) is 12.8. The summed E-state index contributed by atoms with van der Waals surface area (Å²) in [4.78, 5) is 12.8. The topological polar surface area (TPSA) is 49.3 Å². The van der Waals surface area contributed by atoms with Crippen molar-refractivity contribution in [1.82, 2.24) is 5.32 Å². The number of hydrogen-bond donors (Lipinski definition) is 2. The minimum atomic E-state index is -0.477. The monoisotopic (exact) mass is 281 g/mol. The third-order valence-electron chi connectivity index (χ3n) is 3.10. The van der Waals surface area contributed by atoms with Crippen LogP contribution in [0.15, 0.2) is 29.2 Å². The molecule has 106 valence electrons. The molecule has 2 N–H and O–H groups in total. The van der Waals surface area contributed by atoms with Crippen LogP contribution in [0.1, 0.15) is 39.4 Å². The Bertz CT molecular complexity index is 418. The third kappa shape index (κ3) is 5.66. The van der Waals surface area contributed by atoms with Gasteiger partial charge in [0.05, 0.1) is 11.9 Å².